The summed E-state index contributed by atoms with van der Waals surface area (Å²) in [7, 11) is 3.56. The quantitative estimate of drug-likeness (QED) is 0.266. The molecule has 0 saturated carbocycles. The minimum atomic E-state index is -0.260. The summed E-state index contributed by atoms with van der Waals surface area (Å²) in [4.78, 5) is 48.8. The molecular formula is C35H42N8O3. The van der Waals surface area contributed by atoms with Gasteiger partial charge in [0.1, 0.15) is 18.5 Å². The molecule has 3 aliphatic rings. The lowest BCUT2D eigenvalue weighted by Crippen LogP contribution is -2.56. The Balaban J connectivity index is 1.30. The van der Waals surface area contributed by atoms with E-state index in [9.17, 15) is 9.59 Å². The van der Waals surface area contributed by atoms with Gasteiger partial charge in [0.15, 0.2) is 0 Å². The zero-order valence-electron chi connectivity index (χ0n) is 26.8. The van der Waals surface area contributed by atoms with Crippen molar-refractivity contribution in [3.63, 3.8) is 0 Å². The summed E-state index contributed by atoms with van der Waals surface area (Å²) in [5.74, 6) is 0.752. The van der Waals surface area contributed by atoms with Gasteiger partial charge in [-0.15, -0.1) is 0 Å². The van der Waals surface area contributed by atoms with E-state index in [1.54, 1.807) is 23.9 Å². The van der Waals surface area contributed by atoms with E-state index in [2.05, 4.69) is 68.6 Å². The number of nitrogens with zero attached hydrogens (tertiary/aromatic N) is 8. The number of piperazine rings is 1. The molecule has 2 atom stereocenters. The average molecular weight is 623 g/mol. The van der Waals surface area contributed by atoms with Crippen LogP contribution in [-0.4, -0.2) is 115 Å². The first-order valence-electron chi connectivity index (χ1n) is 16.1. The van der Waals surface area contributed by atoms with Crippen LogP contribution in [0, 0.1) is 6.57 Å². The number of anilines is 2. The van der Waals surface area contributed by atoms with Crippen molar-refractivity contribution in [1.82, 2.24) is 24.7 Å². The standard InChI is InChI=1S/C35H42N8O3/c1-5-32(44)43-19-18-42(21-27(43)20-36-2)34-29-15-17-41(31-14-8-11-25-10-6-7-13-28(25)31)22-30(29)37-35(38-34)46-24-26-12-9-16-40(26)23-33(45)39(3)4/h5-8,10-11,13-14,26-27H,1,9,12,15-24H2,3-4H3/t26-,27?/m0/s1. The molecule has 0 bridgehead atoms. The fraction of sp³-hybridized carbons (Fsp3) is 0.457. The van der Waals surface area contributed by atoms with Crippen molar-refractivity contribution < 1.29 is 14.3 Å². The molecule has 2 fully saturated rings. The van der Waals surface area contributed by atoms with Crippen LogP contribution in [0.4, 0.5) is 11.5 Å². The fourth-order valence-corrected chi connectivity index (χ4v) is 6.90. The molecular weight excluding hydrogens is 580 g/mol. The molecule has 0 spiro atoms. The number of hydrogen-bond acceptors (Lipinski definition) is 8. The molecule has 1 aromatic heterocycles. The monoisotopic (exact) mass is 622 g/mol. The van der Waals surface area contributed by atoms with Gasteiger partial charge in [-0.25, -0.2) is 6.57 Å². The van der Waals surface area contributed by atoms with Crippen LogP contribution in [0.5, 0.6) is 6.01 Å². The Morgan fingerprint density at radius 3 is 2.70 bits per heavy atom. The van der Waals surface area contributed by atoms with E-state index in [1.165, 1.54) is 22.5 Å². The normalized spacial score (nSPS) is 19.9. The number of carbonyl (C=O) groups is 2. The smallest absolute Gasteiger partial charge is 0.318 e. The van der Waals surface area contributed by atoms with Crippen LogP contribution in [0.2, 0.25) is 0 Å². The van der Waals surface area contributed by atoms with Gasteiger partial charge in [0.2, 0.25) is 18.4 Å². The van der Waals surface area contributed by atoms with Gasteiger partial charge >= 0.3 is 6.01 Å². The largest absolute Gasteiger partial charge is 0.462 e. The summed E-state index contributed by atoms with van der Waals surface area (Å²) in [6.07, 6.45) is 4.05. The summed E-state index contributed by atoms with van der Waals surface area (Å²) >= 11 is 0. The fourth-order valence-electron chi connectivity index (χ4n) is 6.90. The molecule has 2 saturated heterocycles. The van der Waals surface area contributed by atoms with E-state index in [-0.39, 0.29) is 30.4 Å². The second-order valence-electron chi connectivity index (χ2n) is 12.5. The molecule has 0 radical (unpaired) electrons. The lowest BCUT2D eigenvalue weighted by Gasteiger charge is -2.41. The van der Waals surface area contributed by atoms with Crippen LogP contribution < -0.4 is 14.5 Å². The van der Waals surface area contributed by atoms with Crippen LogP contribution in [-0.2, 0) is 22.6 Å². The number of carbonyl (C=O) groups excluding carboxylic acids is 2. The third-order valence-corrected chi connectivity index (χ3v) is 9.41. The topological polar surface area (TPSA) is 89.7 Å². The first kappa shape index (κ1) is 31.3. The second kappa shape index (κ2) is 13.7. The maximum atomic E-state index is 12.6. The van der Waals surface area contributed by atoms with E-state index < -0.39 is 0 Å². The molecule has 0 aliphatic carbocycles. The van der Waals surface area contributed by atoms with Crippen molar-refractivity contribution in [2.24, 2.45) is 0 Å². The van der Waals surface area contributed by atoms with Gasteiger partial charge in [-0.2, -0.15) is 9.97 Å². The predicted octanol–water partition coefficient (Wildman–Crippen LogP) is 3.25. The molecule has 3 aromatic rings. The highest BCUT2D eigenvalue weighted by Crippen LogP contribution is 2.35. The van der Waals surface area contributed by atoms with E-state index in [0.29, 0.717) is 45.3 Å². The van der Waals surface area contributed by atoms with Crippen molar-refractivity contribution in [1.29, 1.82) is 0 Å². The van der Waals surface area contributed by atoms with Gasteiger partial charge in [-0.3, -0.25) is 14.5 Å². The number of fused-ring (bicyclic) bond motifs is 2. The molecule has 1 unspecified atom stereocenters. The number of likely N-dealkylation sites (N-methyl/N-ethyl adjacent to an activating group) is 1. The summed E-state index contributed by atoms with van der Waals surface area (Å²) in [6, 6.07) is 15.0. The number of amides is 2. The van der Waals surface area contributed by atoms with Gasteiger partial charge in [-0.1, -0.05) is 43.0 Å². The van der Waals surface area contributed by atoms with Crippen LogP contribution in [0.1, 0.15) is 24.1 Å². The Kier molecular flexibility index (Phi) is 9.35. The highest BCUT2D eigenvalue weighted by Gasteiger charge is 2.35. The summed E-state index contributed by atoms with van der Waals surface area (Å²) < 4.78 is 6.36. The summed E-state index contributed by atoms with van der Waals surface area (Å²) in [5, 5.41) is 2.41. The number of ether oxygens (including phenoxy) is 1. The molecule has 6 rings (SSSR count). The predicted molar refractivity (Wildman–Crippen MR) is 179 cm³/mol. The van der Waals surface area contributed by atoms with Gasteiger partial charge in [0.25, 0.3) is 0 Å². The highest BCUT2D eigenvalue weighted by molar-refractivity contribution is 5.94. The third kappa shape index (κ3) is 6.49. The SMILES string of the molecule is [C-]#[N+]CC1CN(c2nc(OC[C@@H]3CCCN3CC(=O)N(C)C)nc3c2CCN(c2cccc4ccccc24)C3)CCN1C(=O)C=C. The zero-order chi connectivity index (χ0) is 32.2. The zero-order valence-corrected chi connectivity index (χ0v) is 26.8. The Labute approximate surface area is 270 Å². The first-order valence-corrected chi connectivity index (χ1v) is 16.1. The summed E-state index contributed by atoms with van der Waals surface area (Å²) in [5.41, 5.74) is 3.19. The molecule has 2 aromatic carbocycles. The van der Waals surface area contributed by atoms with Crippen molar-refractivity contribution in [3.05, 3.63) is 77.8 Å². The molecule has 11 nitrogen and oxygen atoms in total. The number of hydrogen-bond donors (Lipinski definition) is 0. The lowest BCUT2D eigenvalue weighted by molar-refractivity contribution is -0.130. The van der Waals surface area contributed by atoms with E-state index in [1.807, 2.05) is 0 Å². The third-order valence-electron chi connectivity index (χ3n) is 9.41. The van der Waals surface area contributed by atoms with E-state index >= 15 is 0 Å². The highest BCUT2D eigenvalue weighted by atomic mass is 16.5. The van der Waals surface area contributed by atoms with Crippen LogP contribution in [0.25, 0.3) is 15.6 Å². The van der Waals surface area contributed by atoms with Crippen LogP contribution >= 0.6 is 0 Å². The van der Waals surface area contributed by atoms with Crippen molar-refractivity contribution >= 4 is 34.1 Å². The van der Waals surface area contributed by atoms with Crippen molar-refractivity contribution in [2.75, 3.05) is 76.3 Å². The Hall–Kier alpha value is -4.69. The molecule has 2 amide bonds. The lowest BCUT2D eigenvalue weighted by atomic mass is 10.0. The average Bonchev–Trinajstić information content (AvgIpc) is 3.52. The van der Waals surface area contributed by atoms with Gasteiger partial charge in [0, 0.05) is 63.0 Å². The van der Waals surface area contributed by atoms with Gasteiger partial charge < -0.3 is 29.2 Å². The number of rotatable bonds is 9. The molecule has 3 aliphatic heterocycles. The molecule has 240 valence electrons. The Morgan fingerprint density at radius 1 is 1.07 bits per heavy atom. The maximum Gasteiger partial charge on any atom is 0.318 e. The molecule has 0 N–H and O–H groups in total. The number of benzene rings is 2. The van der Waals surface area contributed by atoms with Crippen LogP contribution in [0.3, 0.4) is 0 Å². The minimum absolute atomic E-state index is 0.0794. The molecule has 4 heterocycles. The first-order chi connectivity index (χ1) is 22.4. The number of likely N-dealkylation sites (tertiary alicyclic amines) is 1. The van der Waals surface area contributed by atoms with E-state index in [4.69, 9.17) is 21.3 Å². The van der Waals surface area contributed by atoms with Gasteiger partial charge in [-0.05, 0) is 43.3 Å². The summed E-state index contributed by atoms with van der Waals surface area (Å²) in [6.45, 7) is 16.0. The maximum absolute atomic E-state index is 12.6. The second-order valence-corrected chi connectivity index (χ2v) is 12.5. The van der Waals surface area contributed by atoms with Gasteiger partial charge in [0.05, 0.1) is 18.8 Å². The van der Waals surface area contributed by atoms with Crippen molar-refractivity contribution in [2.45, 2.75) is 37.9 Å². The minimum Gasteiger partial charge on any atom is -0.462 e. The van der Waals surface area contributed by atoms with Crippen molar-refractivity contribution in [3.8, 4) is 6.01 Å². The molecule has 46 heavy (non-hydrogen) atoms. The van der Waals surface area contributed by atoms with E-state index in [0.717, 1.165) is 49.4 Å². The number of aromatic nitrogens is 2. The Bertz CT molecular complexity index is 1650. The molecule has 11 heteroatoms. The Morgan fingerprint density at radius 2 is 1.89 bits per heavy atom. The van der Waals surface area contributed by atoms with Crippen LogP contribution in [0.15, 0.2) is 55.1 Å².